The maximum Gasteiger partial charge on any atom is 0.338 e. The number of nitrogens with zero attached hydrogens (tertiary/aromatic N) is 3. The van der Waals surface area contributed by atoms with Gasteiger partial charge in [-0.15, -0.1) is 6.58 Å². The van der Waals surface area contributed by atoms with Crippen LogP contribution in [0.25, 0.3) is 0 Å². The van der Waals surface area contributed by atoms with Crippen LogP contribution in [0.5, 0.6) is 0 Å². The first-order chi connectivity index (χ1) is 18.8. The number of amides is 3. The number of hydrogen-bond acceptors (Lipinski definition) is 5. The normalized spacial score (nSPS) is 18.4. The van der Waals surface area contributed by atoms with Crippen molar-refractivity contribution in [1.82, 2.24) is 20.0 Å². The highest BCUT2D eigenvalue weighted by atomic mass is 19.1. The molecule has 8 nitrogen and oxygen atoms in total. The number of carbonyl (C=O) groups is 3. The maximum absolute atomic E-state index is 13.6. The summed E-state index contributed by atoms with van der Waals surface area (Å²) < 4.78 is 32.4. The van der Waals surface area contributed by atoms with Gasteiger partial charge >= 0.3 is 12.0 Å². The predicted molar refractivity (Wildman–Crippen MR) is 142 cm³/mol. The zero-order valence-corrected chi connectivity index (χ0v) is 21.9. The summed E-state index contributed by atoms with van der Waals surface area (Å²) in [4.78, 5) is 44.8. The minimum atomic E-state index is -0.822. The molecule has 2 aliphatic heterocycles. The molecule has 1 fully saturated rings. The van der Waals surface area contributed by atoms with E-state index in [-0.39, 0.29) is 31.2 Å². The summed E-state index contributed by atoms with van der Waals surface area (Å²) in [6, 6.07) is 9.87. The van der Waals surface area contributed by atoms with Gasteiger partial charge in [-0.1, -0.05) is 18.2 Å². The molecule has 2 heterocycles. The van der Waals surface area contributed by atoms with Gasteiger partial charge in [-0.2, -0.15) is 0 Å². The number of halogens is 2. The van der Waals surface area contributed by atoms with Gasteiger partial charge in [-0.25, -0.2) is 18.4 Å². The number of ether oxygens (including phenoxy) is 1. The number of hydrogen-bond donors (Lipinski definition) is 1. The highest BCUT2D eigenvalue weighted by Crippen LogP contribution is 2.32. The van der Waals surface area contributed by atoms with Crippen LogP contribution in [0.4, 0.5) is 13.6 Å². The molecule has 0 saturated carbocycles. The van der Waals surface area contributed by atoms with Crippen molar-refractivity contribution < 1.29 is 27.9 Å². The zero-order valence-electron chi connectivity index (χ0n) is 21.9. The van der Waals surface area contributed by atoms with Crippen molar-refractivity contribution in [2.75, 3.05) is 45.9 Å². The summed E-state index contributed by atoms with van der Waals surface area (Å²) in [6.45, 7) is 8.10. The zero-order chi connectivity index (χ0) is 27.9. The molecule has 10 heteroatoms. The minimum absolute atomic E-state index is 0.144. The van der Waals surface area contributed by atoms with Crippen LogP contribution < -0.4 is 5.32 Å². The third-order valence-corrected chi connectivity index (χ3v) is 6.79. The van der Waals surface area contributed by atoms with Gasteiger partial charge < -0.3 is 15.0 Å². The molecule has 0 aromatic heterocycles. The molecule has 0 bridgehead atoms. The Morgan fingerprint density at radius 2 is 1.69 bits per heavy atom. The summed E-state index contributed by atoms with van der Waals surface area (Å²) in [6.07, 6.45) is 2.25. The molecule has 2 aromatic rings. The van der Waals surface area contributed by atoms with E-state index in [4.69, 9.17) is 4.74 Å². The lowest BCUT2D eigenvalue weighted by Crippen LogP contribution is -2.51. The first kappa shape index (κ1) is 28.0. The Morgan fingerprint density at radius 1 is 1.03 bits per heavy atom. The molecule has 39 heavy (non-hydrogen) atoms. The summed E-state index contributed by atoms with van der Waals surface area (Å²) in [7, 11) is 0. The van der Waals surface area contributed by atoms with E-state index in [1.54, 1.807) is 17.9 Å². The second kappa shape index (κ2) is 12.7. The molecule has 1 saturated heterocycles. The summed E-state index contributed by atoms with van der Waals surface area (Å²) in [5, 5.41) is 2.86. The van der Waals surface area contributed by atoms with Crippen LogP contribution >= 0.6 is 0 Å². The van der Waals surface area contributed by atoms with Crippen molar-refractivity contribution in [2.45, 2.75) is 19.4 Å². The van der Waals surface area contributed by atoms with Crippen molar-refractivity contribution >= 4 is 17.9 Å². The molecule has 0 radical (unpaired) electrons. The Labute approximate surface area is 226 Å². The second-order valence-corrected chi connectivity index (χ2v) is 9.34. The molecule has 0 aliphatic carbocycles. The first-order valence-corrected chi connectivity index (χ1v) is 12.9. The Morgan fingerprint density at radius 3 is 2.33 bits per heavy atom. The molecule has 2 aromatic carbocycles. The fourth-order valence-corrected chi connectivity index (χ4v) is 4.87. The monoisotopic (exact) mass is 538 g/mol. The van der Waals surface area contributed by atoms with Gasteiger partial charge in [-0.3, -0.25) is 14.6 Å². The second-order valence-electron chi connectivity index (χ2n) is 9.34. The van der Waals surface area contributed by atoms with E-state index in [9.17, 15) is 23.2 Å². The van der Waals surface area contributed by atoms with Crippen LogP contribution in [0.3, 0.4) is 0 Å². The van der Waals surface area contributed by atoms with Crippen LogP contribution in [-0.4, -0.2) is 78.5 Å². The van der Waals surface area contributed by atoms with Gasteiger partial charge in [-0.05, 0) is 55.3 Å². The Kier molecular flexibility index (Phi) is 9.08. The van der Waals surface area contributed by atoms with E-state index in [0.717, 1.165) is 0 Å². The third-order valence-electron chi connectivity index (χ3n) is 6.79. The first-order valence-electron chi connectivity index (χ1n) is 12.9. The van der Waals surface area contributed by atoms with E-state index in [1.807, 2.05) is 0 Å². The summed E-state index contributed by atoms with van der Waals surface area (Å²) >= 11 is 0. The van der Waals surface area contributed by atoms with Gasteiger partial charge in [0.05, 0.1) is 18.2 Å². The number of carbonyl (C=O) groups excluding carboxylic acids is 3. The average molecular weight is 539 g/mol. The molecule has 3 amide bonds. The van der Waals surface area contributed by atoms with Crippen LogP contribution in [0.1, 0.15) is 35.3 Å². The standard InChI is InChI=1S/C29H32F2N4O4/c1-3-14-35-24(19-33-15-5-16-34(18-17-33)27(36)21-8-12-23(31)13-9-21)25(28(37)39-4-2)26(32-29(35)38)20-6-10-22(30)11-7-20/h3,6-13,26H,1,4-5,14-19H2,2H3,(H,32,38). The quantitative estimate of drug-likeness (QED) is 0.408. The van der Waals surface area contributed by atoms with Gasteiger partial charge in [0.25, 0.3) is 5.91 Å². The van der Waals surface area contributed by atoms with E-state index in [2.05, 4.69) is 16.8 Å². The van der Waals surface area contributed by atoms with E-state index >= 15 is 0 Å². The molecular formula is C29H32F2N4O4. The molecule has 1 atom stereocenters. The van der Waals surface area contributed by atoms with Crippen LogP contribution in [0.2, 0.25) is 0 Å². The molecule has 1 N–H and O–H groups in total. The predicted octanol–water partition coefficient (Wildman–Crippen LogP) is 3.88. The van der Waals surface area contributed by atoms with E-state index in [0.29, 0.717) is 49.4 Å². The number of benzene rings is 2. The minimum Gasteiger partial charge on any atom is -0.463 e. The van der Waals surface area contributed by atoms with Crippen molar-refractivity contribution in [3.8, 4) is 0 Å². The topological polar surface area (TPSA) is 82.2 Å². The molecule has 0 spiro atoms. The fourth-order valence-electron chi connectivity index (χ4n) is 4.87. The van der Waals surface area contributed by atoms with Crippen molar-refractivity contribution in [1.29, 1.82) is 0 Å². The van der Waals surface area contributed by atoms with Gasteiger partial charge in [0.15, 0.2) is 0 Å². The molecule has 4 rings (SSSR count). The Bertz CT molecular complexity index is 1250. The molecular weight excluding hydrogens is 506 g/mol. The largest absolute Gasteiger partial charge is 0.463 e. The fraction of sp³-hybridized carbons (Fsp3) is 0.345. The van der Waals surface area contributed by atoms with Crippen molar-refractivity contribution in [3.63, 3.8) is 0 Å². The lowest BCUT2D eigenvalue weighted by Gasteiger charge is -2.38. The molecule has 206 valence electrons. The van der Waals surface area contributed by atoms with Crippen molar-refractivity contribution in [2.24, 2.45) is 0 Å². The smallest absolute Gasteiger partial charge is 0.338 e. The number of rotatable bonds is 8. The van der Waals surface area contributed by atoms with Gasteiger partial charge in [0.1, 0.15) is 11.6 Å². The highest BCUT2D eigenvalue weighted by molar-refractivity contribution is 5.95. The van der Waals surface area contributed by atoms with Gasteiger partial charge in [0.2, 0.25) is 0 Å². The third kappa shape index (κ3) is 6.51. The van der Waals surface area contributed by atoms with E-state index in [1.165, 1.54) is 53.4 Å². The molecule has 2 aliphatic rings. The molecule has 1 unspecified atom stereocenters. The number of nitrogens with one attached hydrogen (secondary N) is 1. The SMILES string of the molecule is C=CCN1C(=O)NC(c2ccc(F)cc2)C(C(=O)OCC)=C1CN1CCCN(C(=O)c2ccc(F)cc2)CC1. The average Bonchev–Trinajstić information content (AvgIpc) is 3.16. The number of urea groups is 1. The van der Waals surface area contributed by atoms with Crippen LogP contribution in [-0.2, 0) is 9.53 Å². The number of esters is 1. The lowest BCUT2D eigenvalue weighted by molar-refractivity contribution is -0.139. The van der Waals surface area contributed by atoms with E-state index < -0.39 is 29.7 Å². The van der Waals surface area contributed by atoms with Crippen LogP contribution in [0.15, 0.2) is 72.5 Å². The summed E-state index contributed by atoms with van der Waals surface area (Å²) in [5.41, 5.74) is 1.72. The Hall–Kier alpha value is -4.05. The maximum atomic E-state index is 13.6. The lowest BCUT2D eigenvalue weighted by atomic mass is 9.94. The van der Waals surface area contributed by atoms with Crippen LogP contribution in [0, 0.1) is 11.6 Å². The van der Waals surface area contributed by atoms with Gasteiger partial charge in [0, 0.05) is 50.5 Å². The Balaban J connectivity index is 1.63. The highest BCUT2D eigenvalue weighted by Gasteiger charge is 2.38. The van der Waals surface area contributed by atoms with Crippen molar-refractivity contribution in [3.05, 3.63) is 95.2 Å². The summed E-state index contributed by atoms with van der Waals surface area (Å²) in [5.74, 6) is -1.58.